The average Bonchev–Trinajstić information content (AvgIpc) is 2.40. The number of ether oxygens (including phenoxy) is 1. The zero-order valence-corrected chi connectivity index (χ0v) is 12.9. The standard InChI is InChI=1S/C13H18F2N2O.2ClH/c1-18-11-4-2-3-10(9-11)12(13(14)15)17-7-5-16-6-8-17;;/h2-4,9,12-13,16H,5-8H2,1H3;2*1H/t12-;;/m1../s1. The van der Waals surface area contributed by atoms with Gasteiger partial charge in [-0.25, -0.2) is 8.78 Å². The van der Waals surface area contributed by atoms with Crippen molar-refractivity contribution in [1.82, 2.24) is 10.2 Å². The van der Waals surface area contributed by atoms with Crippen molar-refractivity contribution in [2.45, 2.75) is 12.5 Å². The Balaban J connectivity index is 0.00000180. The quantitative estimate of drug-likeness (QED) is 0.919. The molecule has 1 heterocycles. The van der Waals surface area contributed by atoms with E-state index in [1.165, 1.54) is 0 Å². The van der Waals surface area contributed by atoms with Crippen LogP contribution in [0.25, 0.3) is 0 Å². The lowest BCUT2D eigenvalue weighted by Crippen LogP contribution is -2.46. The fraction of sp³-hybridized carbons (Fsp3) is 0.538. The third kappa shape index (κ3) is 4.74. The van der Waals surface area contributed by atoms with E-state index in [2.05, 4.69) is 5.32 Å². The number of alkyl halides is 2. The minimum absolute atomic E-state index is 0. The van der Waals surface area contributed by atoms with Gasteiger partial charge >= 0.3 is 0 Å². The maximum absolute atomic E-state index is 13.3. The van der Waals surface area contributed by atoms with Gasteiger partial charge in [0.2, 0.25) is 0 Å². The molecule has 7 heteroatoms. The van der Waals surface area contributed by atoms with Crippen LogP contribution in [-0.4, -0.2) is 44.6 Å². The molecule has 0 spiro atoms. The van der Waals surface area contributed by atoms with Gasteiger partial charge in [0.15, 0.2) is 0 Å². The van der Waals surface area contributed by atoms with Crippen molar-refractivity contribution in [3.05, 3.63) is 29.8 Å². The molecule has 2 rings (SSSR count). The van der Waals surface area contributed by atoms with Crippen molar-refractivity contribution in [3.8, 4) is 5.75 Å². The van der Waals surface area contributed by atoms with Crippen LogP contribution in [0.3, 0.4) is 0 Å². The van der Waals surface area contributed by atoms with Crippen LogP contribution in [0, 0.1) is 0 Å². The molecular formula is C13H20Cl2F2N2O. The van der Waals surface area contributed by atoms with Gasteiger partial charge in [0.25, 0.3) is 6.43 Å². The summed E-state index contributed by atoms with van der Waals surface area (Å²) >= 11 is 0. The Morgan fingerprint density at radius 1 is 1.20 bits per heavy atom. The summed E-state index contributed by atoms with van der Waals surface area (Å²) in [5.41, 5.74) is 0.617. The van der Waals surface area contributed by atoms with Crippen LogP contribution in [0.15, 0.2) is 24.3 Å². The smallest absolute Gasteiger partial charge is 0.258 e. The number of hydrogen-bond donors (Lipinski definition) is 1. The van der Waals surface area contributed by atoms with Crippen LogP contribution in [0.2, 0.25) is 0 Å². The molecule has 0 saturated carbocycles. The van der Waals surface area contributed by atoms with E-state index in [9.17, 15) is 8.78 Å². The first kappa shape index (κ1) is 19.4. The van der Waals surface area contributed by atoms with Crippen molar-refractivity contribution in [2.75, 3.05) is 33.3 Å². The molecule has 1 aromatic rings. The number of hydrogen-bond acceptors (Lipinski definition) is 3. The lowest BCUT2D eigenvalue weighted by molar-refractivity contribution is 0.0181. The summed E-state index contributed by atoms with van der Waals surface area (Å²) < 4.78 is 31.7. The molecule has 3 nitrogen and oxygen atoms in total. The molecule has 1 aromatic carbocycles. The van der Waals surface area contributed by atoms with E-state index >= 15 is 0 Å². The molecule has 1 atom stereocenters. The van der Waals surface area contributed by atoms with Gasteiger partial charge in [-0.1, -0.05) is 12.1 Å². The summed E-state index contributed by atoms with van der Waals surface area (Å²) in [6.07, 6.45) is -2.39. The van der Waals surface area contributed by atoms with Gasteiger partial charge in [-0.3, -0.25) is 4.90 Å². The highest BCUT2D eigenvalue weighted by Crippen LogP contribution is 2.29. The number of halogens is 4. The zero-order chi connectivity index (χ0) is 13.0. The zero-order valence-electron chi connectivity index (χ0n) is 11.2. The summed E-state index contributed by atoms with van der Waals surface area (Å²) in [5, 5.41) is 3.17. The Labute approximate surface area is 130 Å². The van der Waals surface area contributed by atoms with Gasteiger partial charge in [0.1, 0.15) is 5.75 Å². The van der Waals surface area contributed by atoms with Crippen LogP contribution >= 0.6 is 24.8 Å². The van der Waals surface area contributed by atoms with Crippen LogP contribution in [0.1, 0.15) is 11.6 Å². The second-order valence-electron chi connectivity index (χ2n) is 4.34. The van der Waals surface area contributed by atoms with Crippen LogP contribution in [0.4, 0.5) is 8.78 Å². The van der Waals surface area contributed by atoms with Crippen molar-refractivity contribution < 1.29 is 13.5 Å². The molecule has 1 aliphatic rings. The number of rotatable bonds is 4. The topological polar surface area (TPSA) is 24.5 Å². The van der Waals surface area contributed by atoms with E-state index in [1.807, 2.05) is 4.90 Å². The SMILES string of the molecule is COc1cccc([C@H](C(F)F)N2CCNCC2)c1.Cl.Cl. The lowest BCUT2D eigenvalue weighted by atomic mass is 10.0. The van der Waals surface area contributed by atoms with Crippen molar-refractivity contribution in [2.24, 2.45) is 0 Å². The number of piperazine rings is 1. The monoisotopic (exact) mass is 328 g/mol. The summed E-state index contributed by atoms with van der Waals surface area (Å²) in [4.78, 5) is 1.83. The van der Waals surface area contributed by atoms with E-state index in [-0.39, 0.29) is 24.8 Å². The molecule has 0 bridgehead atoms. The highest BCUT2D eigenvalue weighted by molar-refractivity contribution is 5.85. The van der Waals surface area contributed by atoms with E-state index < -0.39 is 12.5 Å². The summed E-state index contributed by atoms with van der Waals surface area (Å²) in [7, 11) is 1.54. The largest absolute Gasteiger partial charge is 0.497 e. The predicted molar refractivity (Wildman–Crippen MR) is 80.7 cm³/mol. The molecule has 1 aliphatic heterocycles. The molecular weight excluding hydrogens is 309 g/mol. The van der Waals surface area contributed by atoms with Gasteiger partial charge in [-0.15, -0.1) is 24.8 Å². The van der Waals surface area contributed by atoms with Crippen LogP contribution in [-0.2, 0) is 0 Å². The molecule has 0 radical (unpaired) electrons. The highest BCUT2D eigenvalue weighted by atomic mass is 35.5. The third-order valence-electron chi connectivity index (χ3n) is 3.22. The second kappa shape index (κ2) is 9.34. The number of nitrogens with zero attached hydrogens (tertiary/aromatic N) is 1. The first-order valence-corrected chi connectivity index (χ1v) is 6.09. The fourth-order valence-electron chi connectivity index (χ4n) is 2.30. The molecule has 0 amide bonds. The molecule has 1 saturated heterocycles. The van der Waals surface area contributed by atoms with Gasteiger partial charge in [0, 0.05) is 26.2 Å². The first-order valence-electron chi connectivity index (χ1n) is 6.09. The molecule has 20 heavy (non-hydrogen) atoms. The first-order chi connectivity index (χ1) is 8.72. The van der Waals surface area contributed by atoms with Gasteiger partial charge < -0.3 is 10.1 Å². The Morgan fingerprint density at radius 2 is 1.85 bits per heavy atom. The van der Waals surface area contributed by atoms with Crippen molar-refractivity contribution in [1.29, 1.82) is 0 Å². The maximum Gasteiger partial charge on any atom is 0.258 e. The number of methoxy groups -OCH3 is 1. The Morgan fingerprint density at radius 3 is 2.40 bits per heavy atom. The normalized spacial score (nSPS) is 17.0. The van der Waals surface area contributed by atoms with E-state index in [4.69, 9.17) is 4.74 Å². The van der Waals surface area contributed by atoms with E-state index in [0.717, 1.165) is 13.1 Å². The van der Waals surface area contributed by atoms with E-state index in [1.54, 1.807) is 31.4 Å². The highest BCUT2D eigenvalue weighted by Gasteiger charge is 2.30. The third-order valence-corrected chi connectivity index (χ3v) is 3.22. The Bertz CT molecular complexity index is 390. The second-order valence-corrected chi connectivity index (χ2v) is 4.34. The number of benzene rings is 1. The molecule has 1 fully saturated rings. The molecule has 0 aliphatic carbocycles. The predicted octanol–water partition coefficient (Wildman–Crippen LogP) is 2.75. The van der Waals surface area contributed by atoms with Crippen LogP contribution in [0.5, 0.6) is 5.75 Å². The number of nitrogens with one attached hydrogen (secondary N) is 1. The minimum atomic E-state index is -2.39. The Kier molecular flexibility index (Phi) is 9.05. The summed E-state index contributed by atoms with van der Waals surface area (Å²) in [6, 6.07) is 6.11. The average molecular weight is 329 g/mol. The van der Waals surface area contributed by atoms with Crippen molar-refractivity contribution >= 4 is 24.8 Å². The summed E-state index contributed by atoms with van der Waals surface area (Å²) in [6.45, 7) is 2.80. The molecule has 0 unspecified atom stereocenters. The van der Waals surface area contributed by atoms with Crippen LogP contribution < -0.4 is 10.1 Å². The van der Waals surface area contributed by atoms with Gasteiger partial charge in [-0.2, -0.15) is 0 Å². The molecule has 1 N–H and O–H groups in total. The fourth-order valence-corrected chi connectivity index (χ4v) is 2.30. The molecule has 0 aromatic heterocycles. The maximum atomic E-state index is 13.3. The van der Waals surface area contributed by atoms with Gasteiger partial charge in [-0.05, 0) is 17.7 Å². The summed E-state index contributed by atoms with van der Waals surface area (Å²) in [5.74, 6) is 0.619. The van der Waals surface area contributed by atoms with E-state index in [0.29, 0.717) is 24.4 Å². The van der Waals surface area contributed by atoms with Crippen molar-refractivity contribution in [3.63, 3.8) is 0 Å². The Hall–Kier alpha value is -0.620. The molecule has 116 valence electrons. The minimum Gasteiger partial charge on any atom is -0.497 e. The lowest BCUT2D eigenvalue weighted by Gasteiger charge is -2.34. The van der Waals surface area contributed by atoms with Gasteiger partial charge in [0.05, 0.1) is 13.2 Å².